The third kappa shape index (κ3) is 2.50. The molecule has 2 saturated heterocycles. The first kappa shape index (κ1) is 11.3. The number of likely N-dealkylation sites (N-methyl/N-ethyl adjacent to an activating group) is 2. The Morgan fingerprint density at radius 1 is 1.27 bits per heavy atom. The molecule has 4 nitrogen and oxygen atoms in total. The molecular formula is C11H23N4. The molecule has 0 aromatic carbocycles. The molecule has 1 atom stereocenters. The fourth-order valence-corrected chi connectivity index (χ4v) is 2.55. The highest BCUT2D eigenvalue weighted by atomic mass is 15.3. The van der Waals surface area contributed by atoms with Gasteiger partial charge in [0.1, 0.15) is 0 Å². The van der Waals surface area contributed by atoms with Crippen LogP contribution in [0.2, 0.25) is 0 Å². The molecule has 2 N–H and O–H groups in total. The van der Waals surface area contributed by atoms with E-state index in [0.29, 0.717) is 6.04 Å². The van der Waals surface area contributed by atoms with Crippen molar-refractivity contribution in [2.45, 2.75) is 13.0 Å². The lowest BCUT2D eigenvalue weighted by Gasteiger charge is -2.44. The summed E-state index contributed by atoms with van der Waals surface area (Å²) in [7, 11) is 2.24. The second kappa shape index (κ2) is 5.25. The molecule has 0 aromatic rings. The summed E-state index contributed by atoms with van der Waals surface area (Å²) in [5, 5.41) is 6.97. The molecular weight excluding hydrogens is 188 g/mol. The number of hydrogen-bond donors (Lipinski definition) is 2. The Morgan fingerprint density at radius 3 is 2.80 bits per heavy atom. The molecule has 2 aliphatic rings. The Bertz CT molecular complexity index is 197. The molecule has 1 radical (unpaired) electrons. The van der Waals surface area contributed by atoms with Crippen LogP contribution in [0.15, 0.2) is 0 Å². The van der Waals surface area contributed by atoms with E-state index in [2.05, 4.69) is 34.4 Å². The van der Waals surface area contributed by atoms with Crippen LogP contribution < -0.4 is 10.6 Å². The zero-order chi connectivity index (χ0) is 10.7. The molecule has 0 aliphatic carbocycles. The summed E-state index contributed by atoms with van der Waals surface area (Å²) < 4.78 is 0. The number of rotatable bonds is 2. The molecule has 0 spiro atoms. The number of nitrogens with one attached hydrogen (secondary N) is 2. The molecule has 2 aliphatic heterocycles. The molecule has 2 rings (SSSR count). The van der Waals surface area contributed by atoms with Crippen molar-refractivity contribution in [2.24, 2.45) is 0 Å². The summed E-state index contributed by atoms with van der Waals surface area (Å²) in [5.74, 6) is 0. The van der Waals surface area contributed by atoms with Gasteiger partial charge in [0, 0.05) is 45.3 Å². The van der Waals surface area contributed by atoms with Gasteiger partial charge in [-0.2, -0.15) is 0 Å². The van der Waals surface area contributed by atoms with Crippen molar-refractivity contribution in [3.63, 3.8) is 0 Å². The van der Waals surface area contributed by atoms with Gasteiger partial charge in [-0.25, -0.2) is 0 Å². The molecule has 2 heterocycles. The Kier molecular flexibility index (Phi) is 3.97. The maximum atomic E-state index is 3.49. The molecule has 0 aromatic heterocycles. The van der Waals surface area contributed by atoms with Gasteiger partial charge in [0.2, 0.25) is 0 Å². The van der Waals surface area contributed by atoms with Gasteiger partial charge < -0.3 is 10.6 Å². The normalized spacial score (nSPS) is 32.0. The van der Waals surface area contributed by atoms with Crippen LogP contribution in [-0.2, 0) is 0 Å². The van der Waals surface area contributed by atoms with Crippen molar-refractivity contribution < 1.29 is 0 Å². The minimum atomic E-state index is 0.589. The summed E-state index contributed by atoms with van der Waals surface area (Å²) in [4.78, 5) is 5.01. The van der Waals surface area contributed by atoms with Crippen molar-refractivity contribution in [2.75, 3.05) is 52.9 Å². The number of piperazine rings is 2. The lowest BCUT2D eigenvalue weighted by atomic mass is 10.0. The van der Waals surface area contributed by atoms with Gasteiger partial charge in [0.25, 0.3) is 0 Å². The monoisotopic (exact) mass is 211 g/mol. The van der Waals surface area contributed by atoms with Crippen molar-refractivity contribution >= 4 is 0 Å². The highest BCUT2D eigenvalue weighted by molar-refractivity contribution is 5.07. The predicted molar refractivity (Wildman–Crippen MR) is 62.6 cm³/mol. The highest BCUT2D eigenvalue weighted by Crippen LogP contribution is 2.20. The largest absolute Gasteiger partial charge is 0.314 e. The third-order valence-electron chi connectivity index (χ3n) is 3.55. The Balaban J connectivity index is 1.99. The van der Waals surface area contributed by atoms with E-state index in [9.17, 15) is 0 Å². The van der Waals surface area contributed by atoms with E-state index in [1.807, 2.05) is 0 Å². The molecule has 4 heteroatoms. The van der Waals surface area contributed by atoms with E-state index in [1.54, 1.807) is 6.04 Å². The lowest BCUT2D eigenvalue weighted by Crippen LogP contribution is -2.60. The highest BCUT2D eigenvalue weighted by Gasteiger charge is 2.33. The third-order valence-corrected chi connectivity index (χ3v) is 3.55. The fourth-order valence-electron chi connectivity index (χ4n) is 2.55. The first-order chi connectivity index (χ1) is 7.33. The summed E-state index contributed by atoms with van der Waals surface area (Å²) in [6.07, 6.45) is 0. The second-order valence-corrected chi connectivity index (χ2v) is 4.45. The van der Waals surface area contributed by atoms with Gasteiger partial charge in [-0.15, -0.1) is 0 Å². The van der Waals surface area contributed by atoms with Crippen LogP contribution in [-0.4, -0.2) is 68.7 Å². The van der Waals surface area contributed by atoms with Crippen LogP contribution in [0.3, 0.4) is 0 Å². The van der Waals surface area contributed by atoms with E-state index >= 15 is 0 Å². The van der Waals surface area contributed by atoms with Gasteiger partial charge in [0.05, 0.1) is 6.04 Å². The van der Waals surface area contributed by atoms with Crippen molar-refractivity contribution in [1.29, 1.82) is 0 Å². The molecule has 1 unspecified atom stereocenters. The first-order valence-electron chi connectivity index (χ1n) is 6.05. The molecule has 0 bridgehead atoms. The smallest absolute Gasteiger partial charge is 0.0715 e. The number of hydrogen-bond acceptors (Lipinski definition) is 4. The first-order valence-corrected chi connectivity index (χ1v) is 6.05. The van der Waals surface area contributed by atoms with Crippen LogP contribution in [0.4, 0.5) is 0 Å². The maximum Gasteiger partial charge on any atom is 0.0715 e. The Morgan fingerprint density at radius 2 is 2.07 bits per heavy atom. The van der Waals surface area contributed by atoms with Gasteiger partial charge >= 0.3 is 0 Å². The van der Waals surface area contributed by atoms with Crippen molar-refractivity contribution in [1.82, 2.24) is 20.4 Å². The van der Waals surface area contributed by atoms with E-state index in [1.165, 1.54) is 0 Å². The van der Waals surface area contributed by atoms with Crippen LogP contribution in [0.25, 0.3) is 0 Å². The van der Waals surface area contributed by atoms with E-state index in [0.717, 1.165) is 45.8 Å². The summed E-state index contributed by atoms with van der Waals surface area (Å²) in [6, 6.07) is 2.16. The van der Waals surface area contributed by atoms with E-state index in [-0.39, 0.29) is 0 Å². The van der Waals surface area contributed by atoms with Crippen LogP contribution in [0.1, 0.15) is 6.92 Å². The topological polar surface area (TPSA) is 30.5 Å². The summed E-state index contributed by atoms with van der Waals surface area (Å²) in [6.45, 7) is 10.1. The van der Waals surface area contributed by atoms with Crippen LogP contribution in [0.5, 0.6) is 0 Å². The van der Waals surface area contributed by atoms with Gasteiger partial charge in [-0.3, -0.25) is 9.80 Å². The van der Waals surface area contributed by atoms with Gasteiger partial charge in [-0.05, 0) is 13.6 Å². The van der Waals surface area contributed by atoms with Crippen molar-refractivity contribution in [3.05, 3.63) is 6.04 Å². The zero-order valence-electron chi connectivity index (χ0n) is 9.92. The minimum absolute atomic E-state index is 0.589. The lowest BCUT2D eigenvalue weighted by molar-refractivity contribution is 0.127. The standard InChI is InChI=1S/C11H23N4/c1-3-15-7-5-13-9-11(15)10-8-12-4-6-14(10)2/h10,12-13H,3-9H2,1-2H3. The predicted octanol–water partition coefficient (Wildman–Crippen LogP) is -0.653. The van der Waals surface area contributed by atoms with Crippen LogP contribution >= 0.6 is 0 Å². The SMILES string of the molecule is CCN1CCNC[C]1C1CNCCN1C. The van der Waals surface area contributed by atoms with E-state index < -0.39 is 0 Å². The molecule has 15 heavy (non-hydrogen) atoms. The second-order valence-electron chi connectivity index (χ2n) is 4.45. The number of nitrogens with zero attached hydrogens (tertiary/aromatic N) is 2. The Labute approximate surface area is 93.0 Å². The molecule has 87 valence electrons. The molecule has 2 fully saturated rings. The quantitative estimate of drug-likeness (QED) is 0.635. The molecule has 0 amide bonds. The van der Waals surface area contributed by atoms with Crippen molar-refractivity contribution in [3.8, 4) is 0 Å². The fraction of sp³-hybridized carbons (Fsp3) is 0.909. The minimum Gasteiger partial charge on any atom is -0.314 e. The average Bonchev–Trinajstić information content (AvgIpc) is 2.30. The maximum absolute atomic E-state index is 3.49. The zero-order valence-corrected chi connectivity index (χ0v) is 9.92. The van der Waals surface area contributed by atoms with Crippen LogP contribution in [0, 0.1) is 6.04 Å². The Hall–Kier alpha value is -0.160. The average molecular weight is 211 g/mol. The van der Waals surface area contributed by atoms with Gasteiger partial charge in [-0.1, -0.05) is 6.92 Å². The van der Waals surface area contributed by atoms with E-state index in [4.69, 9.17) is 0 Å². The summed E-state index contributed by atoms with van der Waals surface area (Å²) in [5.41, 5.74) is 0. The summed E-state index contributed by atoms with van der Waals surface area (Å²) >= 11 is 0. The van der Waals surface area contributed by atoms with Gasteiger partial charge in [0.15, 0.2) is 0 Å². The molecule has 0 saturated carbocycles.